The van der Waals surface area contributed by atoms with Crippen molar-refractivity contribution in [3.8, 4) is 0 Å². The van der Waals surface area contributed by atoms with Gasteiger partial charge in [-0.3, -0.25) is 9.48 Å². The minimum atomic E-state index is 0. The van der Waals surface area contributed by atoms with Gasteiger partial charge in [0, 0.05) is 52.5 Å². The molecule has 1 saturated heterocycles. The summed E-state index contributed by atoms with van der Waals surface area (Å²) in [6.45, 7) is 1.61. The zero-order valence-electron chi connectivity index (χ0n) is 14.8. The molecular weight excluding hydrogens is 328 g/mol. The first-order chi connectivity index (χ1) is 11.1. The van der Waals surface area contributed by atoms with Crippen molar-refractivity contribution >= 4 is 18.3 Å². The molecule has 7 heteroatoms. The monoisotopic (exact) mass is 356 g/mol. The van der Waals surface area contributed by atoms with E-state index in [0.717, 1.165) is 44.3 Å². The molecule has 24 heavy (non-hydrogen) atoms. The van der Waals surface area contributed by atoms with Crippen LogP contribution in [0.2, 0.25) is 0 Å². The first kappa shape index (κ1) is 19.2. The van der Waals surface area contributed by atoms with Crippen molar-refractivity contribution in [3.05, 3.63) is 18.0 Å². The highest BCUT2D eigenvalue weighted by Crippen LogP contribution is 2.31. The molecule has 6 nitrogen and oxygen atoms in total. The quantitative estimate of drug-likeness (QED) is 0.889. The second-order valence-electron chi connectivity index (χ2n) is 6.93. The van der Waals surface area contributed by atoms with E-state index >= 15 is 0 Å². The number of carbonyl (C=O) groups is 1. The molecule has 1 saturated carbocycles. The number of carbonyl (C=O) groups excluding carboxylic acids is 1. The maximum absolute atomic E-state index is 13.0. The normalized spacial score (nSPS) is 30.0. The predicted octanol–water partition coefficient (Wildman–Crippen LogP) is 1.56. The molecule has 1 aromatic rings. The van der Waals surface area contributed by atoms with Crippen LogP contribution >= 0.6 is 12.4 Å². The molecule has 0 spiro atoms. The van der Waals surface area contributed by atoms with Crippen molar-refractivity contribution < 1.29 is 9.53 Å². The molecule has 2 fully saturated rings. The van der Waals surface area contributed by atoms with Crippen LogP contribution in [0.25, 0.3) is 0 Å². The summed E-state index contributed by atoms with van der Waals surface area (Å²) in [4.78, 5) is 15.0. The van der Waals surface area contributed by atoms with E-state index in [4.69, 9.17) is 4.74 Å². The van der Waals surface area contributed by atoms with Gasteiger partial charge in [-0.2, -0.15) is 5.10 Å². The smallest absolute Gasteiger partial charge is 0.227 e. The van der Waals surface area contributed by atoms with Gasteiger partial charge in [-0.25, -0.2) is 0 Å². The van der Waals surface area contributed by atoms with E-state index in [-0.39, 0.29) is 30.2 Å². The van der Waals surface area contributed by atoms with E-state index in [1.807, 2.05) is 36.1 Å². The SMILES string of the molecule is COC1CCC(N(C)C(=O)[C@H]2CNC[C@@H]2c2cnn(C)c2)CC1.Cl. The molecule has 1 aromatic heterocycles. The van der Waals surface area contributed by atoms with Crippen LogP contribution in [0.5, 0.6) is 0 Å². The Hall–Kier alpha value is -1.11. The molecule has 2 atom stereocenters. The van der Waals surface area contributed by atoms with Crippen molar-refractivity contribution in [2.75, 3.05) is 27.2 Å². The lowest BCUT2D eigenvalue weighted by Gasteiger charge is -2.36. The highest BCUT2D eigenvalue weighted by Gasteiger charge is 2.38. The number of methoxy groups -OCH3 is 1. The lowest BCUT2D eigenvalue weighted by atomic mass is 9.87. The van der Waals surface area contributed by atoms with Gasteiger partial charge in [0.15, 0.2) is 0 Å². The molecule has 136 valence electrons. The number of aromatic nitrogens is 2. The Kier molecular flexibility index (Phi) is 6.66. The van der Waals surface area contributed by atoms with Crippen LogP contribution in [0, 0.1) is 5.92 Å². The number of amides is 1. The summed E-state index contributed by atoms with van der Waals surface area (Å²) < 4.78 is 7.24. The number of hydrogen-bond donors (Lipinski definition) is 1. The number of hydrogen-bond acceptors (Lipinski definition) is 4. The van der Waals surface area contributed by atoms with Gasteiger partial charge in [-0.1, -0.05) is 0 Å². The number of ether oxygens (including phenoxy) is 1. The molecule has 0 radical (unpaired) electrons. The van der Waals surface area contributed by atoms with Crippen molar-refractivity contribution in [2.24, 2.45) is 13.0 Å². The summed E-state index contributed by atoms with van der Waals surface area (Å²) in [6, 6.07) is 0.351. The fraction of sp³-hybridized carbons (Fsp3) is 0.765. The van der Waals surface area contributed by atoms with Crippen molar-refractivity contribution in [1.29, 1.82) is 0 Å². The highest BCUT2D eigenvalue weighted by atomic mass is 35.5. The second kappa shape index (κ2) is 8.32. The predicted molar refractivity (Wildman–Crippen MR) is 95.4 cm³/mol. The number of nitrogens with zero attached hydrogens (tertiary/aromatic N) is 3. The topological polar surface area (TPSA) is 59.4 Å². The maximum atomic E-state index is 13.0. The van der Waals surface area contributed by atoms with Gasteiger partial charge >= 0.3 is 0 Å². The van der Waals surface area contributed by atoms with Gasteiger partial charge in [-0.15, -0.1) is 12.4 Å². The van der Waals surface area contributed by atoms with E-state index in [9.17, 15) is 4.79 Å². The number of halogens is 1. The van der Waals surface area contributed by atoms with Crippen molar-refractivity contribution in [2.45, 2.75) is 43.7 Å². The van der Waals surface area contributed by atoms with Crippen molar-refractivity contribution in [3.63, 3.8) is 0 Å². The fourth-order valence-corrected chi connectivity index (χ4v) is 4.03. The first-order valence-corrected chi connectivity index (χ1v) is 8.59. The Morgan fingerprint density at radius 1 is 1.33 bits per heavy atom. The highest BCUT2D eigenvalue weighted by molar-refractivity contribution is 5.85. The average Bonchev–Trinajstić information content (AvgIpc) is 3.22. The molecule has 2 heterocycles. The van der Waals surface area contributed by atoms with E-state index in [0.29, 0.717) is 12.1 Å². The Labute approximate surface area is 150 Å². The van der Waals surface area contributed by atoms with Gasteiger partial charge in [0.25, 0.3) is 0 Å². The molecular formula is C17H29ClN4O2. The van der Waals surface area contributed by atoms with Gasteiger partial charge in [0.1, 0.15) is 0 Å². The van der Waals surface area contributed by atoms with Gasteiger partial charge in [0.05, 0.1) is 18.2 Å². The van der Waals surface area contributed by atoms with Crippen LogP contribution in [0.1, 0.15) is 37.2 Å². The zero-order valence-corrected chi connectivity index (χ0v) is 15.6. The molecule has 0 bridgehead atoms. The zero-order chi connectivity index (χ0) is 16.4. The van der Waals surface area contributed by atoms with Crippen LogP contribution in [-0.2, 0) is 16.6 Å². The van der Waals surface area contributed by atoms with E-state index < -0.39 is 0 Å². The van der Waals surface area contributed by atoms with Crippen LogP contribution in [-0.4, -0.2) is 60.0 Å². The average molecular weight is 357 g/mol. The minimum Gasteiger partial charge on any atom is -0.381 e. The summed E-state index contributed by atoms with van der Waals surface area (Å²) in [7, 11) is 5.67. The third kappa shape index (κ3) is 3.92. The summed E-state index contributed by atoms with van der Waals surface area (Å²) in [5.74, 6) is 0.517. The molecule has 1 aliphatic heterocycles. The van der Waals surface area contributed by atoms with Crippen LogP contribution in [0.3, 0.4) is 0 Å². The Balaban J connectivity index is 0.00000208. The summed E-state index contributed by atoms with van der Waals surface area (Å²) >= 11 is 0. The lowest BCUT2D eigenvalue weighted by molar-refractivity contribution is -0.137. The van der Waals surface area contributed by atoms with Crippen molar-refractivity contribution in [1.82, 2.24) is 20.0 Å². The summed E-state index contributed by atoms with van der Waals surface area (Å²) in [6.07, 6.45) is 8.47. The van der Waals surface area contributed by atoms with Crippen LogP contribution in [0.15, 0.2) is 12.4 Å². The molecule has 0 unspecified atom stereocenters. The summed E-state index contributed by atoms with van der Waals surface area (Å²) in [5, 5.41) is 7.64. The fourth-order valence-electron chi connectivity index (χ4n) is 4.03. The number of rotatable bonds is 4. The Bertz CT molecular complexity index is 542. The molecule has 3 rings (SSSR count). The van der Waals surface area contributed by atoms with E-state index in [1.54, 1.807) is 7.11 Å². The minimum absolute atomic E-state index is 0. The third-order valence-electron chi connectivity index (χ3n) is 5.56. The Morgan fingerprint density at radius 2 is 2.04 bits per heavy atom. The van der Waals surface area contributed by atoms with E-state index in [2.05, 4.69) is 10.4 Å². The summed E-state index contributed by atoms with van der Waals surface area (Å²) in [5.41, 5.74) is 1.16. The number of nitrogens with one attached hydrogen (secondary N) is 1. The largest absolute Gasteiger partial charge is 0.381 e. The van der Waals surface area contributed by atoms with Gasteiger partial charge < -0.3 is 15.0 Å². The number of aryl methyl sites for hydroxylation is 1. The molecule has 1 N–H and O–H groups in total. The van der Waals surface area contributed by atoms with Gasteiger partial charge in [0.2, 0.25) is 5.91 Å². The standard InChI is InChI=1S/C17H28N4O2.ClH/c1-20-11-12(8-19-20)15-9-18-10-16(15)17(22)21(2)13-4-6-14(23-3)7-5-13;/h8,11,13-16,18H,4-7,9-10H2,1-3H3;1H/t13?,14?,15-,16+;/m1./s1. The van der Waals surface area contributed by atoms with Gasteiger partial charge in [-0.05, 0) is 31.2 Å². The molecule has 2 aliphatic rings. The maximum Gasteiger partial charge on any atom is 0.227 e. The Morgan fingerprint density at radius 3 is 2.62 bits per heavy atom. The van der Waals surface area contributed by atoms with Crippen LogP contribution < -0.4 is 5.32 Å². The van der Waals surface area contributed by atoms with E-state index in [1.165, 1.54) is 0 Å². The van der Waals surface area contributed by atoms with Crippen LogP contribution in [0.4, 0.5) is 0 Å². The lowest BCUT2D eigenvalue weighted by Crippen LogP contribution is -2.44. The second-order valence-corrected chi connectivity index (χ2v) is 6.93. The first-order valence-electron chi connectivity index (χ1n) is 8.59. The molecule has 1 aliphatic carbocycles. The molecule has 1 amide bonds. The molecule has 0 aromatic carbocycles. The third-order valence-corrected chi connectivity index (χ3v) is 5.56.